The molecule has 1 rings (SSSR count). The molecule has 0 aliphatic heterocycles. The predicted octanol–water partition coefficient (Wildman–Crippen LogP) is -1.94. The number of aliphatic carboxylic acids is 1. The lowest BCUT2D eigenvalue weighted by atomic mass is 10.0. The van der Waals surface area contributed by atoms with Gasteiger partial charge in [-0.1, -0.05) is 12.1 Å². The Morgan fingerprint density at radius 1 is 1.00 bits per heavy atom. The highest BCUT2D eigenvalue weighted by Crippen LogP contribution is 2.11. The van der Waals surface area contributed by atoms with Crippen molar-refractivity contribution in [2.75, 3.05) is 18.6 Å². The van der Waals surface area contributed by atoms with E-state index in [-0.39, 0.29) is 18.6 Å². The fourth-order valence-electron chi connectivity index (χ4n) is 2.73. The minimum absolute atomic E-state index is 0.0541. The number of carbonyl (C=O) groups excluding carboxylic acids is 4. The summed E-state index contributed by atoms with van der Waals surface area (Å²) in [5, 5.41) is 25.1. The number of carboxylic acids is 1. The maximum atomic E-state index is 12.7. The smallest absolute Gasteiger partial charge is 0.322 e. The van der Waals surface area contributed by atoms with Crippen molar-refractivity contribution in [3.63, 3.8) is 0 Å². The number of carboxylic acid groups (broad SMARTS) is 1. The van der Waals surface area contributed by atoms with Crippen LogP contribution in [0.5, 0.6) is 5.75 Å². The number of thioether (sulfide) groups is 1. The van der Waals surface area contributed by atoms with Crippen LogP contribution < -0.4 is 27.4 Å². The number of amides is 4. The Morgan fingerprint density at radius 3 is 2.15 bits per heavy atom. The third kappa shape index (κ3) is 10.7. The molecule has 0 radical (unpaired) electrons. The van der Waals surface area contributed by atoms with Crippen LogP contribution in [-0.4, -0.2) is 76.5 Å². The van der Waals surface area contributed by atoms with Crippen LogP contribution in [0, 0.1) is 0 Å². The molecule has 0 spiro atoms. The third-order valence-electron chi connectivity index (χ3n) is 4.42. The quantitative estimate of drug-likeness (QED) is 0.156. The Kier molecular flexibility index (Phi) is 11.7. The minimum Gasteiger partial charge on any atom is -0.508 e. The molecule has 3 unspecified atom stereocenters. The number of rotatable bonds is 14. The molecule has 4 amide bonds. The summed E-state index contributed by atoms with van der Waals surface area (Å²) >= 11 is 1.41. The van der Waals surface area contributed by atoms with Gasteiger partial charge in [0.15, 0.2) is 0 Å². The molecule has 0 bridgehead atoms. The molecule has 9 N–H and O–H groups in total. The monoisotopic (exact) mass is 483 g/mol. The lowest BCUT2D eigenvalue weighted by molar-refractivity contribution is -0.138. The highest BCUT2D eigenvalue weighted by Gasteiger charge is 2.29. The van der Waals surface area contributed by atoms with Gasteiger partial charge in [0.1, 0.15) is 24.4 Å². The first-order valence-electron chi connectivity index (χ1n) is 9.94. The number of primary amides is 1. The van der Waals surface area contributed by atoms with Crippen LogP contribution in [0.25, 0.3) is 0 Å². The fraction of sp³-hybridized carbons (Fsp3) is 0.450. The topological polar surface area (TPSA) is 214 Å². The van der Waals surface area contributed by atoms with Crippen molar-refractivity contribution in [3.8, 4) is 5.75 Å². The van der Waals surface area contributed by atoms with Gasteiger partial charge in [-0.25, -0.2) is 0 Å². The molecule has 0 fully saturated rings. The molecule has 0 aromatic heterocycles. The number of carbonyl (C=O) groups is 5. The molecule has 1 aromatic carbocycles. The van der Waals surface area contributed by atoms with E-state index in [4.69, 9.17) is 16.6 Å². The van der Waals surface area contributed by atoms with Gasteiger partial charge in [-0.15, -0.1) is 0 Å². The first-order valence-corrected chi connectivity index (χ1v) is 11.3. The zero-order chi connectivity index (χ0) is 25.0. The van der Waals surface area contributed by atoms with Crippen LogP contribution in [0.15, 0.2) is 24.3 Å². The zero-order valence-corrected chi connectivity index (χ0v) is 18.9. The molecule has 1 aromatic rings. The highest BCUT2D eigenvalue weighted by atomic mass is 32.2. The molecule has 12 nitrogen and oxygen atoms in total. The van der Waals surface area contributed by atoms with E-state index in [1.54, 1.807) is 18.4 Å². The summed E-state index contributed by atoms with van der Waals surface area (Å²) in [6.07, 6.45) is 1.55. The lowest BCUT2D eigenvalue weighted by Gasteiger charge is -2.23. The summed E-state index contributed by atoms with van der Waals surface area (Å²) in [6.45, 7) is -0.627. The number of nitrogens with one attached hydrogen (secondary N) is 3. The van der Waals surface area contributed by atoms with E-state index in [9.17, 15) is 29.1 Å². The Hall–Kier alpha value is -3.32. The second kappa shape index (κ2) is 14.0. The minimum atomic E-state index is -1.38. The molecule has 33 heavy (non-hydrogen) atoms. The molecule has 0 saturated heterocycles. The van der Waals surface area contributed by atoms with Gasteiger partial charge in [-0.05, 0) is 42.5 Å². The zero-order valence-electron chi connectivity index (χ0n) is 18.1. The largest absolute Gasteiger partial charge is 0.508 e. The van der Waals surface area contributed by atoms with Crippen LogP contribution in [0.2, 0.25) is 0 Å². The summed E-state index contributed by atoms with van der Waals surface area (Å²) in [6, 6.07) is 2.52. The number of hydrogen-bond acceptors (Lipinski definition) is 8. The Bertz CT molecular complexity index is 850. The van der Waals surface area contributed by atoms with Gasteiger partial charge in [0.05, 0.1) is 12.5 Å². The van der Waals surface area contributed by atoms with Crippen LogP contribution in [-0.2, 0) is 30.4 Å². The lowest BCUT2D eigenvalue weighted by Crippen LogP contribution is -2.57. The van der Waals surface area contributed by atoms with Crippen molar-refractivity contribution in [2.24, 2.45) is 11.5 Å². The number of nitrogens with two attached hydrogens (primary N) is 2. The number of hydrogen-bond donors (Lipinski definition) is 7. The Morgan fingerprint density at radius 2 is 1.61 bits per heavy atom. The van der Waals surface area contributed by atoms with Gasteiger partial charge in [0.25, 0.3) is 0 Å². The van der Waals surface area contributed by atoms with Crippen LogP contribution in [0.4, 0.5) is 0 Å². The van der Waals surface area contributed by atoms with Crippen molar-refractivity contribution in [2.45, 2.75) is 37.4 Å². The maximum absolute atomic E-state index is 12.7. The number of benzene rings is 1. The van der Waals surface area contributed by atoms with E-state index in [0.29, 0.717) is 11.3 Å². The van der Waals surface area contributed by atoms with E-state index >= 15 is 0 Å². The molecule has 13 heteroatoms. The normalized spacial score (nSPS) is 13.3. The van der Waals surface area contributed by atoms with Crippen LogP contribution in [0.1, 0.15) is 18.4 Å². The van der Waals surface area contributed by atoms with Gasteiger partial charge in [-0.2, -0.15) is 11.8 Å². The van der Waals surface area contributed by atoms with Crippen LogP contribution >= 0.6 is 11.8 Å². The van der Waals surface area contributed by atoms with E-state index in [2.05, 4.69) is 16.0 Å². The SMILES string of the molecule is CSCCC(NC(=O)C(CC(N)=O)NC(=O)C(N)Cc1ccc(O)cc1)C(=O)NCC(=O)O. The van der Waals surface area contributed by atoms with Crippen molar-refractivity contribution in [1.82, 2.24) is 16.0 Å². The molecular formula is C20H29N5O7S. The Balaban J connectivity index is 2.85. The van der Waals surface area contributed by atoms with Crippen molar-refractivity contribution >= 4 is 41.4 Å². The predicted molar refractivity (Wildman–Crippen MR) is 121 cm³/mol. The molecule has 3 atom stereocenters. The van der Waals surface area contributed by atoms with Gasteiger partial charge in [-0.3, -0.25) is 24.0 Å². The number of aromatic hydroxyl groups is 1. The van der Waals surface area contributed by atoms with E-state index in [1.807, 2.05) is 0 Å². The average Bonchev–Trinajstić information content (AvgIpc) is 2.75. The molecular weight excluding hydrogens is 454 g/mol. The maximum Gasteiger partial charge on any atom is 0.322 e. The van der Waals surface area contributed by atoms with Crippen molar-refractivity contribution in [3.05, 3.63) is 29.8 Å². The molecule has 0 heterocycles. The van der Waals surface area contributed by atoms with E-state index < -0.39 is 60.7 Å². The second-order valence-corrected chi connectivity index (χ2v) is 8.15. The van der Waals surface area contributed by atoms with Gasteiger partial charge in [0, 0.05) is 0 Å². The second-order valence-electron chi connectivity index (χ2n) is 7.16. The first kappa shape index (κ1) is 27.7. The molecule has 182 valence electrons. The van der Waals surface area contributed by atoms with E-state index in [0.717, 1.165) is 0 Å². The van der Waals surface area contributed by atoms with Crippen LogP contribution in [0.3, 0.4) is 0 Å². The third-order valence-corrected chi connectivity index (χ3v) is 5.07. The molecule has 0 saturated carbocycles. The standard InChI is InChI=1S/C20H29N5O7S/c1-33-7-6-14(19(31)23-10-17(28)29)24-20(32)15(9-16(22)27)25-18(30)13(21)8-11-2-4-12(26)5-3-11/h2-5,13-15,26H,6-10,21H2,1H3,(H2,22,27)(H,23,31)(H,24,32)(H,25,30)(H,28,29). The highest BCUT2D eigenvalue weighted by molar-refractivity contribution is 7.98. The van der Waals surface area contributed by atoms with Crippen molar-refractivity contribution in [1.29, 1.82) is 0 Å². The van der Waals surface area contributed by atoms with Gasteiger partial charge >= 0.3 is 5.97 Å². The number of phenols is 1. The average molecular weight is 484 g/mol. The van der Waals surface area contributed by atoms with E-state index in [1.165, 1.54) is 23.9 Å². The Labute approximate surface area is 194 Å². The van der Waals surface area contributed by atoms with Gasteiger partial charge in [0.2, 0.25) is 23.6 Å². The summed E-state index contributed by atoms with van der Waals surface area (Å²) in [5.41, 5.74) is 11.8. The van der Waals surface area contributed by atoms with Crippen molar-refractivity contribution < 1.29 is 34.2 Å². The number of phenolic OH excluding ortho intramolecular Hbond substituents is 1. The fourth-order valence-corrected chi connectivity index (χ4v) is 3.20. The summed E-state index contributed by atoms with van der Waals surface area (Å²) < 4.78 is 0. The molecule has 0 aliphatic carbocycles. The summed E-state index contributed by atoms with van der Waals surface area (Å²) in [4.78, 5) is 59.7. The first-order chi connectivity index (χ1) is 15.5. The summed E-state index contributed by atoms with van der Waals surface area (Å²) in [7, 11) is 0. The van der Waals surface area contributed by atoms with Gasteiger partial charge < -0.3 is 37.6 Å². The molecule has 0 aliphatic rings. The summed E-state index contributed by atoms with van der Waals surface area (Å²) in [5.74, 6) is -3.85.